The summed E-state index contributed by atoms with van der Waals surface area (Å²) < 4.78 is 5.13. The molecule has 0 unspecified atom stereocenters. The van der Waals surface area contributed by atoms with Crippen LogP contribution in [0.2, 0.25) is 0 Å². The maximum Gasteiger partial charge on any atom is 0.251 e. The molecule has 1 heterocycles. The van der Waals surface area contributed by atoms with Crippen molar-refractivity contribution in [2.24, 2.45) is 0 Å². The molecule has 0 spiro atoms. The summed E-state index contributed by atoms with van der Waals surface area (Å²) in [4.78, 5) is 25.1. The van der Waals surface area contributed by atoms with E-state index in [2.05, 4.69) is 10.6 Å². The van der Waals surface area contributed by atoms with Crippen molar-refractivity contribution in [3.8, 4) is 5.75 Å². The highest BCUT2D eigenvalue weighted by Crippen LogP contribution is 2.35. The Morgan fingerprint density at radius 2 is 2.00 bits per heavy atom. The van der Waals surface area contributed by atoms with Crippen LogP contribution in [0.5, 0.6) is 5.75 Å². The second kappa shape index (κ2) is 7.61. The molecule has 2 aromatic carbocycles. The van der Waals surface area contributed by atoms with Gasteiger partial charge in [-0.3, -0.25) is 9.59 Å². The van der Waals surface area contributed by atoms with Crippen LogP contribution in [0.1, 0.15) is 22.8 Å². The molecular formula is C19H20N2O3S. The van der Waals surface area contributed by atoms with Gasteiger partial charge in [-0.15, -0.1) is 11.8 Å². The SMILES string of the molecule is COc1ccc(CCNC(=O)c2ccc3c(c2)NC(=O)[C@H](C)S3)cc1. The number of thioether (sulfide) groups is 1. The van der Waals surface area contributed by atoms with E-state index >= 15 is 0 Å². The molecule has 2 N–H and O–H groups in total. The lowest BCUT2D eigenvalue weighted by Gasteiger charge is -2.21. The molecule has 6 heteroatoms. The van der Waals surface area contributed by atoms with Crippen molar-refractivity contribution in [2.45, 2.75) is 23.5 Å². The number of carbonyl (C=O) groups excluding carboxylic acids is 2. The highest BCUT2D eigenvalue weighted by molar-refractivity contribution is 8.00. The van der Waals surface area contributed by atoms with Crippen molar-refractivity contribution < 1.29 is 14.3 Å². The van der Waals surface area contributed by atoms with Gasteiger partial charge in [0.2, 0.25) is 5.91 Å². The van der Waals surface area contributed by atoms with Crippen molar-refractivity contribution in [1.29, 1.82) is 0 Å². The fourth-order valence-corrected chi connectivity index (χ4v) is 3.50. The largest absolute Gasteiger partial charge is 0.497 e. The number of rotatable bonds is 5. The van der Waals surface area contributed by atoms with Crippen LogP contribution in [-0.2, 0) is 11.2 Å². The zero-order chi connectivity index (χ0) is 17.8. The molecule has 1 aliphatic rings. The van der Waals surface area contributed by atoms with E-state index in [4.69, 9.17) is 4.74 Å². The van der Waals surface area contributed by atoms with Gasteiger partial charge in [-0.1, -0.05) is 12.1 Å². The minimum atomic E-state index is -0.144. The standard InChI is InChI=1S/C19H20N2O3S/c1-12-18(22)21-16-11-14(5-8-17(16)25-12)19(23)20-10-9-13-3-6-15(24-2)7-4-13/h3-8,11-12H,9-10H2,1-2H3,(H,20,23)(H,21,22)/t12-/m0/s1. The Balaban J connectivity index is 1.58. The van der Waals surface area contributed by atoms with Crippen LogP contribution in [0.15, 0.2) is 47.4 Å². The second-order valence-electron chi connectivity index (χ2n) is 5.81. The number of carbonyl (C=O) groups is 2. The maximum atomic E-state index is 12.3. The highest BCUT2D eigenvalue weighted by Gasteiger charge is 2.23. The third-order valence-corrected chi connectivity index (χ3v) is 5.21. The number of anilines is 1. The fourth-order valence-electron chi connectivity index (χ4n) is 2.56. The molecule has 25 heavy (non-hydrogen) atoms. The zero-order valence-corrected chi connectivity index (χ0v) is 15.0. The second-order valence-corrected chi connectivity index (χ2v) is 7.20. The first kappa shape index (κ1) is 17.4. The molecule has 0 fully saturated rings. The predicted molar refractivity (Wildman–Crippen MR) is 99.4 cm³/mol. The highest BCUT2D eigenvalue weighted by atomic mass is 32.2. The summed E-state index contributed by atoms with van der Waals surface area (Å²) in [5.41, 5.74) is 2.38. The van der Waals surface area contributed by atoms with Gasteiger partial charge in [-0.05, 0) is 49.2 Å². The molecule has 2 amide bonds. The van der Waals surface area contributed by atoms with Crippen molar-refractivity contribution in [3.63, 3.8) is 0 Å². The zero-order valence-electron chi connectivity index (χ0n) is 14.2. The minimum Gasteiger partial charge on any atom is -0.497 e. The number of fused-ring (bicyclic) bond motifs is 1. The van der Waals surface area contributed by atoms with Crippen molar-refractivity contribution in [3.05, 3.63) is 53.6 Å². The van der Waals surface area contributed by atoms with Crippen molar-refractivity contribution in [1.82, 2.24) is 5.32 Å². The number of hydrogen-bond acceptors (Lipinski definition) is 4. The van der Waals surface area contributed by atoms with E-state index in [-0.39, 0.29) is 17.1 Å². The van der Waals surface area contributed by atoms with Crippen LogP contribution >= 0.6 is 11.8 Å². The Kier molecular flexibility index (Phi) is 5.28. The van der Waals surface area contributed by atoms with Crippen LogP contribution in [0.4, 0.5) is 5.69 Å². The summed E-state index contributed by atoms with van der Waals surface area (Å²) in [5.74, 6) is 0.639. The van der Waals surface area contributed by atoms with Gasteiger partial charge in [0, 0.05) is 17.0 Å². The lowest BCUT2D eigenvalue weighted by atomic mass is 10.1. The third-order valence-electron chi connectivity index (χ3n) is 4.03. The van der Waals surface area contributed by atoms with Gasteiger partial charge < -0.3 is 15.4 Å². The molecule has 0 bridgehead atoms. The number of nitrogens with one attached hydrogen (secondary N) is 2. The maximum absolute atomic E-state index is 12.3. The summed E-state index contributed by atoms with van der Waals surface area (Å²) in [6.07, 6.45) is 0.741. The minimum absolute atomic E-state index is 0.0328. The van der Waals surface area contributed by atoms with Crippen molar-refractivity contribution in [2.75, 3.05) is 19.0 Å². The monoisotopic (exact) mass is 356 g/mol. The number of amides is 2. The molecular weight excluding hydrogens is 336 g/mol. The van der Waals surface area contributed by atoms with E-state index < -0.39 is 0 Å². The first-order chi connectivity index (χ1) is 12.1. The Hall–Kier alpha value is -2.47. The molecule has 1 aliphatic heterocycles. The van der Waals surface area contributed by atoms with E-state index in [9.17, 15) is 9.59 Å². The van der Waals surface area contributed by atoms with Crippen molar-refractivity contribution >= 4 is 29.3 Å². The first-order valence-corrected chi connectivity index (χ1v) is 8.97. The quantitative estimate of drug-likeness (QED) is 0.864. The Morgan fingerprint density at radius 1 is 1.24 bits per heavy atom. The lowest BCUT2D eigenvalue weighted by molar-refractivity contribution is -0.115. The van der Waals surface area contributed by atoms with E-state index in [0.29, 0.717) is 17.8 Å². The normalized spacial score (nSPS) is 15.9. The van der Waals surface area contributed by atoms with Gasteiger partial charge in [0.1, 0.15) is 5.75 Å². The first-order valence-electron chi connectivity index (χ1n) is 8.09. The Morgan fingerprint density at radius 3 is 2.72 bits per heavy atom. The van der Waals surface area contributed by atoms with Gasteiger partial charge in [-0.25, -0.2) is 0 Å². The van der Waals surface area contributed by atoms with E-state index in [1.807, 2.05) is 37.3 Å². The molecule has 0 radical (unpaired) electrons. The Labute approximate surface area is 151 Å². The summed E-state index contributed by atoms with van der Waals surface area (Å²) >= 11 is 1.50. The molecule has 130 valence electrons. The Bertz CT molecular complexity index is 790. The van der Waals surface area contributed by atoms with E-state index in [1.54, 1.807) is 19.2 Å². The molecule has 0 aliphatic carbocycles. The smallest absolute Gasteiger partial charge is 0.251 e. The molecule has 5 nitrogen and oxygen atoms in total. The topological polar surface area (TPSA) is 67.4 Å². The van der Waals surface area contributed by atoms with Crippen LogP contribution in [0, 0.1) is 0 Å². The number of methoxy groups -OCH3 is 1. The van der Waals surface area contributed by atoms with Gasteiger partial charge in [-0.2, -0.15) is 0 Å². The van der Waals surface area contributed by atoms with E-state index in [1.165, 1.54) is 11.8 Å². The lowest BCUT2D eigenvalue weighted by Crippen LogP contribution is -2.28. The third kappa shape index (κ3) is 4.14. The summed E-state index contributed by atoms with van der Waals surface area (Å²) in [7, 11) is 1.63. The number of ether oxygens (including phenoxy) is 1. The molecule has 3 rings (SSSR count). The molecule has 0 saturated carbocycles. The average molecular weight is 356 g/mol. The van der Waals surface area contributed by atoms with Crippen LogP contribution in [0.3, 0.4) is 0 Å². The van der Waals surface area contributed by atoms with Crippen LogP contribution in [0.25, 0.3) is 0 Å². The molecule has 1 atom stereocenters. The van der Waals surface area contributed by atoms with Crippen LogP contribution in [-0.4, -0.2) is 30.7 Å². The number of hydrogen-bond donors (Lipinski definition) is 2. The molecule has 0 aromatic heterocycles. The summed E-state index contributed by atoms with van der Waals surface area (Å²) in [5, 5.41) is 5.64. The molecule has 0 saturated heterocycles. The molecule has 2 aromatic rings. The summed E-state index contributed by atoms with van der Waals surface area (Å²) in [6.45, 7) is 2.41. The van der Waals surface area contributed by atoms with Gasteiger partial charge in [0.15, 0.2) is 0 Å². The van der Waals surface area contributed by atoms with E-state index in [0.717, 1.165) is 22.6 Å². The van der Waals surface area contributed by atoms with Gasteiger partial charge in [0.25, 0.3) is 5.91 Å². The average Bonchev–Trinajstić information content (AvgIpc) is 2.63. The number of benzene rings is 2. The fraction of sp³-hybridized carbons (Fsp3) is 0.263. The van der Waals surface area contributed by atoms with Gasteiger partial charge >= 0.3 is 0 Å². The predicted octanol–water partition coefficient (Wildman–Crippen LogP) is 3.10. The van der Waals surface area contributed by atoms with Gasteiger partial charge in [0.05, 0.1) is 18.0 Å². The van der Waals surface area contributed by atoms with Crippen LogP contribution < -0.4 is 15.4 Å². The summed E-state index contributed by atoms with van der Waals surface area (Å²) in [6, 6.07) is 13.2.